The largest absolute Gasteiger partial charge is 0.496 e. The van der Waals surface area contributed by atoms with Gasteiger partial charge in [-0.3, -0.25) is 4.79 Å². The molecule has 0 aliphatic rings. The molecule has 1 unspecified atom stereocenters. The number of fused-ring (bicyclic) bond motifs is 1. The second kappa shape index (κ2) is 10.5. The number of furan rings is 1. The van der Waals surface area contributed by atoms with Gasteiger partial charge in [0.2, 0.25) is 5.91 Å². The smallest absolute Gasteiger partial charge is 0.244 e. The van der Waals surface area contributed by atoms with E-state index in [9.17, 15) is 4.79 Å². The van der Waals surface area contributed by atoms with E-state index in [0.29, 0.717) is 6.61 Å². The molecule has 0 saturated carbocycles. The summed E-state index contributed by atoms with van der Waals surface area (Å²) in [5.41, 5.74) is 6.25. The number of hydrogen-bond donors (Lipinski definition) is 1. The molecule has 180 valence electrons. The first-order valence-corrected chi connectivity index (χ1v) is 11.8. The van der Waals surface area contributed by atoms with Crippen molar-refractivity contribution in [1.82, 2.24) is 5.32 Å². The SMILES string of the molecule is CCOc1c(/C(C)=C/C(=O)NC(C)c2ccccc2)cc2c(-c3ccccc3OC)coc2c1C. The van der Waals surface area contributed by atoms with Gasteiger partial charge in [0.05, 0.1) is 26.0 Å². The number of carbonyl (C=O) groups excluding carboxylic acids is 1. The lowest BCUT2D eigenvalue weighted by Gasteiger charge is -2.16. The van der Waals surface area contributed by atoms with Gasteiger partial charge in [-0.1, -0.05) is 48.5 Å². The fraction of sp³-hybridized carbons (Fsp3) is 0.233. The minimum atomic E-state index is -0.156. The molecule has 4 rings (SSSR count). The molecule has 5 heteroatoms. The second-order valence-electron chi connectivity index (χ2n) is 8.51. The molecular formula is C30H31NO4. The van der Waals surface area contributed by atoms with Crippen molar-refractivity contribution >= 4 is 22.4 Å². The standard InChI is InChI=1S/C30H31NO4/c1-6-34-29-20(3)30-25(26(18-35-30)23-14-10-11-15-27(23)33-5)17-24(29)19(2)16-28(32)31-21(4)22-12-8-7-9-13-22/h7-18,21H,6H2,1-5H3,(H,31,32)/b19-16+. The van der Waals surface area contributed by atoms with Crippen LogP contribution in [0.1, 0.15) is 43.5 Å². The zero-order valence-electron chi connectivity index (χ0n) is 20.8. The van der Waals surface area contributed by atoms with E-state index < -0.39 is 0 Å². The quantitative estimate of drug-likeness (QED) is 0.280. The van der Waals surface area contributed by atoms with E-state index in [1.807, 2.05) is 88.4 Å². The molecule has 0 saturated heterocycles. The highest BCUT2D eigenvalue weighted by atomic mass is 16.5. The van der Waals surface area contributed by atoms with Crippen molar-refractivity contribution in [1.29, 1.82) is 0 Å². The van der Waals surface area contributed by atoms with Crippen LogP contribution in [0.2, 0.25) is 0 Å². The van der Waals surface area contributed by atoms with E-state index in [4.69, 9.17) is 13.9 Å². The molecular weight excluding hydrogens is 438 g/mol. The van der Waals surface area contributed by atoms with Crippen LogP contribution in [0.15, 0.2) is 77.4 Å². The third-order valence-electron chi connectivity index (χ3n) is 6.16. The zero-order chi connectivity index (χ0) is 24.9. The maximum Gasteiger partial charge on any atom is 0.244 e. The predicted octanol–water partition coefficient (Wildman–Crippen LogP) is 7.10. The molecule has 0 aliphatic heterocycles. The summed E-state index contributed by atoms with van der Waals surface area (Å²) in [6.45, 7) is 8.34. The van der Waals surface area contributed by atoms with E-state index in [1.165, 1.54) is 0 Å². The Kier molecular flexibility index (Phi) is 7.25. The van der Waals surface area contributed by atoms with Gasteiger partial charge in [0.15, 0.2) is 0 Å². The molecule has 1 N–H and O–H groups in total. The molecule has 0 fully saturated rings. The van der Waals surface area contributed by atoms with Crippen LogP contribution in [0.25, 0.3) is 27.7 Å². The normalized spacial score (nSPS) is 12.4. The number of methoxy groups -OCH3 is 1. The zero-order valence-corrected chi connectivity index (χ0v) is 20.8. The number of benzene rings is 3. The lowest BCUT2D eigenvalue weighted by Crippen LogP contribution is -2.24. The Labute approximate surface area is 206 Å². The van der Waals surface area contributed by atoms with Crippen LogP contribution < -0.4 is 14.8 Å². The van der Waals surface area contributed by atoms with Crippen LogP contribution in [-0.4, -0.2) is 19.6 Å². The predicted molar refractivity (Wildman–Crippen MR) is 141 cm³/mol. The molecule has 1 atom stereocenters. The summed E-state index contributed by atoms with van der Waals surface area (Å²) in [4.78, 5) is 12.9. The van der Waals surface area contributed by atoms with Crippen molar-refractivity contribution in [2.45, 2.75) is 33.7 Å². The first kappa shape index (κ1) is 24.1. The fourth-order valence-electron chi connectivity index (χ4n) is 4.37. The van der Waals surface area contributed by atoms with Gasteiger partial charge in [-0.05, 0) is 51.0 Å². The van der Waals surface area contributed by atoms with Crippen molar-refractivity contribution in [3.8, 4) is 22.6 Å². The Morgan fingerprint density at radius 2 is 1.80 bits per heavy atom. The molecule has 1 amide bonds. The van der Waals surface area contributed by atoms with Crippen molar-refractivity contribution in [2.24, 2.45) is 0 Å². The van der Waals surface area contributed by atoms with Gasteiger partial charge >= 0.3 is 0 Å². The fourth-order valence-corrected chi connectivity index (χ4v) is 4.37. The number of allylic oxidation sites excluding steroid dienone is 1. The molecule has 1 aromatic heterocycles. The second-order valence-corrected chi connectivity index (χ2v) is 8.51. The average molecular weight is 470 g/mol. The van der Waals surface area contributed by atoms with Crippen LogP contribution in [0.5, 0.6) is 11.5 Å². The highest BCUT2D eigenvalue weighted by Crippen LogP contribution is 2.42. The lowest BCUT2D eigenvalue weighted by molar-refractivity contribution is -0.117. The molecule has 0 bridgehead atoms. The number of rotatable bonds is 8. The van der Waals surface area contributed by atoms with E-state index in [-0.39, 0.29) is 11.9 Å². The van der Waals surface area contributed by atoms with Crippen LogP contribution >= 0.6 is 0 Å². The monoisotopic (exact) mass is 469 g/mol. The topological polar surface area (TPSA) is 60.7 Å². The molecule has 0 aliphatic carbocycles. The van der Waals surface area contributed by atoms with Gasteiger partial charge in [0.1, 0.15) is 17.1 Å². The number of carbonyl (C=O) groups is 1. The van der Waals surface area contributed by atoms with Crippen molar-refractivity contribution < 1.29 is 18.7 Å². The van der Waals surface area contributed by atoms with E-state index in [2.05, 4.69) is 5.32 Å². The highest BCUT2D eigenvalue weighted by Gasteiger charge is 2.20. The van der Waals surface area contributed by atoms with Gasteiger partial charge in [-0.15, -0.1) is 0 Å². The Morgan fingerprint density at radius 3 is 2.51 bits per heavy atom. The Bertz CT molecular complexity index is 1370. The van der Waals surface area contributed by atoms with Crippen LogP contribution in [0.4, 0.5) is 0 Å². The van der Waals surface area contributed by atoms with Crippen LogP contribution in [-0.2, 0) is 4.79 Å². The Morgan fingerprint density at radius 1 is 1.09 bits per heavy atom. The van der Waals surface area contributed by atoms with Gasteiger partial charge < -0.3 is 19.2 Å². The number of para-hydroxylation sites is 1. The number of hydrogen-bond acceptors (Lipinski definition) is 4. The molecule has 1 heterocycles. The molecule has 4 aromatic rings. The number of aryl methyl sites for hydroxylation is 1. The molecule has 0 spiro atoms. The molecule has 35 heavy (non-hydrogen) atoms. The summed E-state index contributed by atoms with van der Waals surface area (Å²) in [5, 5.41) is 4.00. The van der Waals surface area contributed by atoms with Gasteiger partial charge in [0, 0.05) is 33.7 Å². The Hall–Kier alpha value is -3.99. The summed E-state index contributed by atoms with van der Waals surface area (Å²) in [5.74, 6) is 1.33. The first-order chi connectivity index (χ1) is 16.9. The number of ether oxygens (including phenoxy) is 2. The highest BCUT2D eigenvalue weighted by molar-refractivity contribution is 6.02. The number of nitrogens with one attached hydrogen (secondary N) is 1. The number of amides is 1. The van der Waals surface area contributed by atoms with E-state index >= 15 is 0 Å². The maximum absolute atomic E-state index is 12.9. The maximum atomic E-state index is 12.9. The summed E-state index contributed by atoms with van der Waals surface area (Å²) < 4.78 is 17.6. The first-order valence-electron chi connectivity index (χ1n) is 11.8. The molecule has 5 nitrogen and oxygen atoms in total. The van der Waals surface area contributed by atoms with Crippen LogP contribution in [0, 0.1) is 6.92 Å². The Balaban J connectivity index is 1.76. The molecule has 3 aromatic carbocycles. The van der Waals surface area contributed by atoms with Crippen molar-refractivity contribution in [3.63, 3.8) is 0 Å². The summed E-state index contributed by atoms with van der Waals surface area (Å²) in [7, 11) is 1.66. The van der Waals surface area contributed by atoms with Crippen LogP contribution in [0.3, 0.4) is 0 Å². The minimum Gasteiger partial charge on any atom is -0.496 e. The lowest BCUT2D eigenvalue weighted by atomic mass is 9.96. The van der Waals surface area contributed by atoms with Crippen molar-refractivity contribution in [2.75, 3.05) is 13.7 Å². The third-order valence-corrected chi connectivity index (χ3v) is 6.16. The van der Waals surface area contributed by atoms with E-state index in [1.54, 1.807) is 19.4 Å². The summed E-state index contributed by atoms with van der Waals surface area (Å²) >= 11 is 0. The van der Waals surface area contributed by atoms with Crippen molar-refractivity contribution in [3.05, 3.63) is 89.7 Å². The van der Waals surface area contributed by atoms with Gasteiger partial charge in [0.25, 0.3) is 0 Å². The summed E-state index contributed by atoms with van der Waals surface area (Å²) in [6.07, 6.45) is 3.38. The van der Waals surface area contributed by atoms with E-state index in [0.717, 1.165) is 55.9 Å². The minimum absolute atomic E-state index is 0.102. The van der Waals surface area contributed by atoms with Gasteiger partial charge in [-0.2, -0.15) is 0 Å². The van der Waals surface area contributed by atoms with Gasteiger partial charge in [-0.25, -0.2) is 0 Å². The summed E-state index contributed by atoms with van der Waals surface area (Å²) in [6, 6.07) is 19.7. The third kappa shape index (κ3) is 4.94. The molecule has 0 radical (unpaired) electrons. The average Bonchev–Trinajstić information content (AvgIpc) is 3.30.